The van der Waals surface area contributed by atoms with Crippen LogP contribution in [-0.2, 0) is 0 Å². The summed E-state index contributed by atoms with van der Waals surface area (Å²) in [4.78, 5) is 25.4. The van der Waals surface area contributed by atoms with E-state index in [2.05, 4.69) is 35.1 Å². The molecule has 0 spiro atoms. The number of pyridine rings is 4. The highest BCUT2D eigenvalue weighted by Crippen LogP contribution is 2.31. The molecule has 0 atom stereocenters. The van der Waals surface area contributed by atoms with E-state index >= 15 is 0 Å². The van der Waals surface area contributed by atoms with Crippen molar-refractivity contribution in [3.05, 3.63) is 73.7 Å². The zero-order valence-electron chi connectivity index (χ0n) is 15.6. The molecule has 0 aliphatic rings. The van der Waals surface area contributed by atoms with Crippen LogP contribution in [-0.4, -0.2) is 40.1 Å². The van der Waals surface area contributed by atoms with Crippen molar-refractivity contribution in [2.75, 3.05) is 0 Å². The van der Waals surface area contributed by atoms with E-state index in [9.17, 15) is 0 Å². The molecule has 2 N–H and O–H groups in total. The Bertz CT molecular complexity index is 1490. The lowest BCUT2D eigenvalue weighted by molar-refractivity contribution is 1.10. The molecule has 0 fully saturated rings. The molecule has 6 aromatic heterocycles. The summed E-state index contributed by atoms with van der Waals surface area (Å²) in [5, 5.41) is 8.48. The second kappa shape index (κ2) is 6.56. The fourth-order valence-corrected chi connectivity index (χ4v) is 3.56. The third-order valence-electron chi connectivity index (χ3n) is 5.01. The Labute approximate surface area is 170 Å². The Hall–Kier alpha value is -4.46. The van der Waals surface area contributed by atoms with Gasteiger partial charge in [0.15, 0.2) is 5.82 Å². The number of hydrogen-bond acceptors (Lipinski definition) is 6. The highest BCUT2D eigenvalue weighted by molar-refractivity contribution is 5.97. The van der Waals surface area contributed by atoms with Crippen LogP contribution in [0.15, 0.2) is 73.7 Å². The van der Waals surface area contributed by atoms with Crippen LogP contribution >= 0.6 is 0 Å². The van der Waals surface area contributed by atoms with Crippen LogP contribution in [0, 0.1) is 0 Å². The van der Waals surface area contributed by atoms with Crippen molar-refractivity contribution in [2.24, 2.45) is 0 Å². The van der Waals surface area contributed by atoms with E-state index in [-0.39, 0.29) is 0 Å². The molecule has 6 rings (SSSR count). The number of H-pyrrole nitrogens is 2. The molecule has 0 aromatic carbocycles. The molecule has 8 nitrogen and oxygen atoms in total. The van der Waals surface area contributed by atoms with E-state index in [0.717, 1.165) is 50.0 Å². The van der Waals surface area contributed by atoms with Gasteiger partial charge in [-0.25, -0.2) is 4.98 Å². The summed E-state index contributed by atoms with van der Waals surface area (Å²) < 4.78 is 0. The first-order valence-electron chi connectivity index (χ1n) is 9.36. The lowest BCUT2D eigenvalue weighted by Crippen LogP contribution is -1.85. The van der Waals surface area contributed by atoms with Gasteiger partial charge in [0, 0.05) is 53.1 Å². The molecule has 0 saturated heterocycles. The quantitative estimate of drug-likeness (QED) is 0.472. The number of aromatic amines is 2. The average Bonchev–Trinajstić information content (AvgIpc) is 3.43. The van der Waals surface area contributed by atoms with E-state index < -0.39 is 0 Å². The predicted molar refractivity (Wildman–Crippen MR) is 113 cm³/mol. The maximum Gasteiger partial charge on any atom is 0.159 e. The second-order valence-electron chi connectivity index (χ2n) is 6.83. The van der Waals surface area contributed by atoms with Gasteiger partial charge in [-0.2, -0.15) is 5.10 Å². The summed E-state index contributed by atoms with van der Waals surface area (Å²) in [7, 11) is 0. The SMILES string of the molecule is c1cncc(-c2cncc3[nH]c(-c4n[nH]c5cnc(-c6ccncc6)cc45)nc23)c1. The van der Waals surface area contributed by atoms with Gasteiger partial charge in [-0.05, 0) is 24.3 Å². The first-order chi connectivity index (χ1) is 14.9. The molecule has 0 unspecified atom stereocenters. The first-order valence-corrected chi connectivity index (χ1v) is 9.36. The summed E-state index contributed by atoms with van der Waals surface area (Å²) >= 11 is 0. The predicted octanol–water partition coefficient (Wildman–Crippen LogP) is 4.02. The van der Waals surface area contributed by atoms with Gasteiger partial charge in [0.1, 0.15) is 11.2 Å². The zero-order chi connectivity index (χ0) is 19.9. The third kappa shape index (κ3) is 2.62. The van der Waals surface area contributed by atoms with Crippen LogP contribution in [0.1, 0.15) is 0 Å². The standard InChI is InChI=1S/C22H14N8/c1-2-14(9-24-5-1)16-10-25-11-19-20(16)28-22(27-19)21-15-8-17(13-3-6-23-7-4-13)26-12-18(15)29-30-21/h1-12H,(H,27,28)(H,29,30). The molecule has 0 aliphatic heterocycles. The van der Waals surface area contributed by atoms with E-state index in [1.165, 1.54) is 0 Å². The van der Waals surface area contributed by atoms with Crippen molar-refractivity contribution in [1.29, 1.82) is 0 Å². The van der Waals surface area contributed by atoms with Crippen LogP contribution < -0.4 is 0 Å². The number of fused-ring (bicyclic) bond motifs is 2. The van der Waals surface area contributed by atoms with Gasteiger partial charge in [0.25, 0.3) is 0 Å². The normalized spacial score (nSPS) is 11.3. The van der Waals surface area contributed by atoms with Crippen molar-refractivity contribution in [2.45, 2.75) is 0 Å². The molecule has 0 saturated carbocycles. The van der Waals surface area contributed by atoms with Gasteiger partial charge in [-0.15, -0.1) is 0 Å². The number of rotatable bonds is 3. The Morgan fingerprint density at radius 1 is 0.767 bits per heavy atom. The fourth-order valence-electron chi connectivity index (χ4n) is 3.56. The first kappa shape index (κ1) is 16.5. The zero-order valence-corrected chi connectivity index (χ0v) is 15.6. The lowest BCUT2D eigenvalue weighted by atomic mass is 10.1. The summed E-state index contributed by atoms with van der Waals surface area (Å²) in [5.74, 6) is 0.668. The van der Waals surface area contributed by atoms with Crippen LogP contribution in [0.25, 0.3) is 55.8 Å². The molecule has 0 aliphatic carbocycles. The maximum absolute atomic E-state index is 4.85. The van der Waals surface area contributed by atoms with Gasteiger partial charge in [-0.1, -0.05) is 6.07 Å². The van der Waals surface area contributed by atoms with Crippen molar-refractivity contribution in [1.82, 2.24) is 40.1 Å². The highest BCUT2D eigenvalue weighted by atomic mass is 15.1. The van der Waals surface area contributed by atoms with E-state index in [1.54, 1.807) is 43.4 Å². The van der Waals surface area contributed by atoms with Crippen LogP contribution in [0.2, 0.25) is 0 Å². The summed E-state index contributed by atoms with van der Waals surface area (Å²) in [6.45, 7) is 0. The number of hydrogen-bond donors (Lipinski definition) is 2. The molecule has 6 heterocycles. The lowest BCUT2D eigenvalue weighted by Gasteiger charge is -2.00. The van der Waals surface area contributed by atoms with E-state index in [0.29, 0.717) is 5.82 Å². The van der Waals surface area contributed by atoms with E-state index in [4.69, 9.17) is 4.98 Å². The molecular weight excluding hydrogens is 376 g/mol. The van der Waals surface area contributed by atoms with Gasteiger partial charge in [0.05, 0.1) is 29.1 Å². The minimum absolute atomic E-state index is 0.668. The monoisotopic (exact) mass is 390 g/mol. The topological polar surface area (TPSA) is 109 Å². The molecule has 8 heteroatoms. The van der Waals surface area contributed by atoms with Gasteiger partial charge in [0.2, 0.25) is 0 Å². The highest BCUT2D eigenvalue weighted by Gasteiger charge is 2.16. The minimum atomic E-state index is 0.668. The fraction of sp³-hybridized carbons (Fsp3) is 0. The molecule has 142 valence electrons. The number of nitrogens with zero attached hydrogens (tertiary/aromatic N) is 6. The molecule has 30 heavy (non-hydrogen) atoms. The van der Waals surface area contributed by atoms with Crippen molar-refractivity contribution >= 4 is 21.9 Å². The maximum atomic E-state index is 4.85. The largest absolute Gasteiger partial charge is 0.335 e. The molecular formula is C22H14N8. The smallest absolute Gasteiger partial charge is 0.159 e. The van der Waals surface area contributed by atoms with Gasteiger partial charge < -0.3 is 4.98 Å². The Kier molecular flexibility index (Phi) is 3.60. The summed E-state index contributed by atoms with van der Waals surface area (Å²) in [5.41, 5.74) is 6.96. The van der Waals surface area contributed by atoms with Crippen LogP contribution in [0.5, 0.6) is 0 Å². The number of imidazole rings is 1. The number of nitrogens with one attached hydrogen (secondary N) is 2. The van der Waals surface area contributed by atoms with Gasteiger partial charge in [-0.3, -0.25) is 25.0 Å². The second-order valence-corrected chi connectivity index (χ2v) is 6.83. The Balaban J connectivity index is 1.52. The van der Waals surface area contributed by atoms with Crippen LogP contribution in [0.4, 0.5) is 0 Å². The summed E-state index contributed by atoms with van der Waals surface area (Å²) in [6, 6.07) is 9.77. The Morgan fingerprint density at radius 2 is 1.70 bits per heavy atom. The minimum Gasteiger partial charge on any atom is -0.335 e. The summed E-state index contributed by atoms with van der Waals surface area (Å²) in [6.07, 6.45) is 12.4. The average molecular weight is 390 g/mol. The molecule has 0 bridgehead atoms. The van der Waals surface area contributed by atoms with Crippen molar-refractivity contribution in [3.8, 4) is 33.9 Å². The molecule has 0 amide bonds. The van der Waals surface area contributed by atoms with Gasteiger partial charge >= 0.3 is 0 Å². The Morgan fingerprint density at radius 3 is 2.57 bits per heavy atom. The number of aromatic nitrogens is 8. The van der Waals surface area contributed by atoms with E-state index in [1.807, 2.05) is 30.3 Å². The third-order valence-corrected chi connectivity index (χ3v) is 5.01. The van der Waals surface area contributed by atoms with Crippen molar-refractivity contribution in [3.63, 3.8) is 0 Å². The molecule has 6 aromatic rings. The van der Waals surface area contributed by atoms with Crippen LogP contribution in [0.3, 0.4) is 0 Å². The van der Waals surface area contributed by atoms with Crippen molar-refractivity contribution < 1.29 is 0 Å². The molecule has 0 radical (unpaired) electrons.